The number of H-pyrrole nitrogens is 1. The summed E-state index contributed by atoms with van der Waals surface area (Å²) < 4.78 is 0. The van der Waals surface area contributed by atoms with Crippen LogP contribution in [0.1, 0.15) is 28.5 Å². The number of imidazole rings is 1. The normalized spacial score (nSPS) is 17.0. The van der Waals surface area contributed by atoms with Gasteiger partial charge in [0.15, 0.2) is 0 Å². The van der Waals surface area contributed by atoms with Gasteiger partial charge in [0.2, 0.25) is 5.91 Å². The first-order chi connectivity index (χ1) is 15.1. The molecule has 2 amide bonds. The second-order valence-corrected chi connectivity index (χ2v) is 8.06. The van der Waals surface area contributed by atoms with Crippen LogP contribution >= 0.6 is 0 Å². The standard InChI is InChI=1S/C25H28N4O2/c1-3-28-12-13-29(25(31)23-15-26-17-27-23)16-21(24(28)30)14-20-6-4-5-7-22(20)19-10-8-18(2)9-11-19/h4-11,15,17,21H,3,12-14,16H2,1-2H3,(H,26,27)/t21-/m1/s1. The largest absolute Gasteiger partial charge is 0.341 e. The lowest BCUT2D eigenvalue weighted by Gasteiger charge is -2.24. The molecule has 2 heterocycles. The van der Waals surface area contributed by atoms with Gasteiger partial charge in [0, 0.05) is 26.2 Å². The van der Waals surface area contributed by atoms with Gasteiger partial charge in [0.25, 0.3) is 5.91 Å². The van der Waals surface area contributed by atoms with Gasteiger partial charge in [-0.3, -0.25) is 9.59 Å². The second kappa shape index (κ2) is 9.16. The van der Waals surface area contributed by atoms with E-state index in [1.807, 2.05) is 24.0 Å². The Morgan fingerprint density at radius 3 is 2.61 bits per heavy atom. The van der Waals surface area contributed by atoms with Crippen LogP contribution in [0.4, 0.5) is 0 Å². The number of amides is 2. The van der Waals surface area contributed by atoms with Crippen LogP contribution in [0, 0.1) is 12.8 Å². The van der Waals surface area contributed by atoms with E-state index in [0.717, 1.165) is 16.7 Å². The molecule has 3 aromatic rings. The highest BCUT2D eigenvalue weighted by Crippen LogP contribution is 2.27. The summed E-state index contributed by atoms with van der Waals surface area (Å²) in [4.78, 5) is 36.7. The number of aryl methyl sites for hydroxylation is 1. The van der Waals surface area contributed by atoms with Crippen molar-refractivity contribution in [2.24, 2.45) is 5.92 Å². The van der Waals surface area contributed by atoms with Gasteiger partial charge in [-0.2, -0.15) is 0 Å². The van der Waals surface area contributed by atoms with Gasteiger partial charge in [-0.15, -0.1) is 0 Å². The Morgan fingerprint density at radius 2 is 1.90 bits per heavy atom. The van der Waals surface area contributed by atoms with Crippen LogP contribution in [0.15, 0.2) is 61.1 Å². The molecule has 1 aliphatic heterocycles. The first-order valence-electron chi connectivity index (χ1n) is 10.8. The van der Waals surface area contributed by atoms with E-state index < -0.39 is 0 Å². The number of nitrogens with zero attached hydrogens (tertiary/aromatic N) is 3. The number of rotatable bonds is 5. The number of carbonyl (C=O) groups is 2. The molecule has 0 unspecified atom stereocenters. The fourth-order valence-electron chi connectivity index (χ4n) is 4.22. The Morgan fingerprint density at radius 1 is 1.13 bits per heavy atom. The molecular formula is C25H28N4O2. The van der Waals surface area contributed by atoms with Crippen molar-refractivity contribution < 1.29 is 9.59 Å². The third-order valence-corrected chi connectivity index (χ3v) is 5.99. The molecule has 6 nitrogen and oxygen atoms in total. The quantitative estimate of drug-likeness (QED) is 0.692. The van der Waals surface area contributed by atoms with E-state index in [-0.39, 0.29) is 17.7 Å². The van der Waals surface area contributed by atoms with E-state index in [1.54, 1.807) is 4.90 Å². The highest BCUT2D eigenvalue weighted by Gasteiger charge is 2.32. The van der Waals surface area contributed by atoms with Crippen LogP contribution in [0.2, 0.25) is 0 Å². The zero-order chi connectivity index (χ0) is 21.8. The summed E-state index contributed by atoms with van der Waals surface area (Å²) in [6, 6.07) is 16.7. The summed E-state index contributed by atoms with van der Waals surface area (Å²) >= 11 is 0. The van der Waals surface area contributed by atoms with Crippen LogP contribution < -0.4 is 0 Å². The van der Waals surface area contributed by atoms with Crippen LogP contribution in [-0.2, 0) is 11.2 Å². The van der Waals surface area contributed by atoms with Crippen LogP contribution in [0.3, 0.4) is 0 Å². The molecule has 4 rings (SSSR count). The Labute approximate surface area is 182 Å². The van der Waals surface area contributed by atoms with E-state index in [4.69, 9.17) is 0 Å². The molecule has 0 radical (unpaired) electrons. The van der Waals surface area contributed by atoms with Crippen molar-refractivity contribution in [3.05, 3.63) is 77.9 Å². The predicted octanol–water partition coefficient (Wildman–Crippen LogP) is 3.55. The fourth-order valence-corrected chi connectivity index (χ4v) is 4.22. The van der Waals surface area contributed by atoms with Crippen LogP contribution in [-0.4, -0.2) is 57.8 Å². The summed E-state index contributed by atoms with van der Waals surface area (Å²) in [5.41, 5.74) is 5.06. The maximum atomic E-state index is 13.3. The summed E-state index contributed by atoms with van der Waals surface area (Å²) in [6.45, 7) is 6.17. The average molecular weight is 417 g/mol. The summed E-state index contributed by atoms with van der Waals surface area (Å²) in [5.74, 6) is -0.290. The van der Waals surface area contributed by atoms with Gasteiger partial charge in [-0.05, 0) is 37.0 Å². The van der Waals surface area contributed by atoms with E-state index in [2.05, 4.69) is 53.3 Å². The minimum absolute atomic E-state index is 0.111. The zero-order valence-electron chi connectivity index (χ0n) is 18.0. The molecule has 31 heavy (non-hydrogen) atoms. The highest BCUT2D eigenvalue weighted by atomic mass is 16.2. The Kier molecular flexibility index (Phi) is 6.16. The SMILES string of the molecule is CCN1CCN(C(=O)c2cnc[nH]2)C[C@@H](Cc2ccccc2-c2ccc(C)cc2)C1=O. The van der Waals surface area contributed by atoms with Crippen molar-refractivity contribution in [3.63, 3.8) is 0 Å². The lowest BCUT2D eigenvalue weighted by atomic mass is 9.91. The van der Waals surface area contributed by atoms with Crippen molar-refractivity contribution in [1.29, 1.82) is 0 Å². The average Bonchev–Trinajstić information content (AvgIpc) is 3.28. The lowest BCUT2D eigenvalue weighted by molar-refractivity contribution is -0.134. The molecule has 0 aliphatic carbocycles. The monoisotopic (exact) mass is 416 g/mol. The molecule has 1 saturated heterocycles. The first-order valence-corrected chi connectivity index (χ1v) is 10.8. The number of benzene rings is 2. The van der Waals surface area contributed by atoms with Gasteiger partial charge >= 0.3 is 0 Å². The number of nitrogens with one attached hydrogen (secondary N) is 1. The maximum absolute atomic E-state index is 13.3. The van der Waals surface area contributed by atoms with Gasteiger partial charge in [-0.1, -0.05) is 54.1 Å². The summed E-state index contributed by atoms with van der Waals surface area (Å²) in [5, 5.41) is 0. The van der Waals surface area contributed by atoms with Gasteiger partial charge in [-0.25, -0.2) is 4.98 Å². The number of aromatic nitrogens is 2. The van der Waals surface area contributed by atoms with E-state index in [0.29, 0.717) is 38.3 Å². The van der Waals surface area contributed by atoms with Gasteiger partial charge in [0.05, 0.1) is 18.4 Å². The van der Waals surface area contributed by atoms with Crippen molar-refractivity contribution >= 4 is 11.8 Å². The Hall–Kier alpha value is -3.41. The molecule has 2 aromatic carbocycles. The van der Waals surface area contributed by atoms with Crippen LogP contribution in [0.5, 0.6) is 0 Å². The number of hydrogen-bond donors (Lipinski definition) is 1. The molecule has 1 N–H and O–H groups in total. The maximum Gasteiger partial charge on any atom is 0.271 e. The molecule has 1 aliphatic rings. The molecule has 0 bridgehead atoms. The molecule has 160 valence electrons. The second-order valence-electron chi connectivity index (χ2n) is 8.06. The van der Waals surface area contributed by atoms with E-state index >= 15 is 0 Å². The third kappa shape index (κ3) is 4.53. The van der Waals surface area contributed by atoms with Crippen molar-refractivity contribution in [3.8, 4) is 11.1 Å². The zero-order valence-corrected chi connectivity index (χ0v) is 18.0. The summed E-state index contributed by atoms with van der Waals surface area (Å²) in [6.07, 6.45) is 3.63. The molecular weight excluding hydrogens is 388 g/mol. The van der Waals surface area contributed by atoms with Crippen molar-refractivity contribution in [1.82, 2.24) is 19.8 Å². The summed E-state index contributed by atoms with van der Waals surface area (Å²) in [7, 11) is 0. The fraction of sp³-hybridized carbons (Fsp3) is 0.320. The number of carbonyl (C=O) groups excluding carboxylic acids is 2. The lowest BCUT2D eigenvalue weighted by Crippen LogP contribution is -2.38. The minimum atomic E-state index is -0.291. The molecule has 0 spiro atoms. The van der Waals surface area contributed by atoms with Gasteiger partial charge < -0.3 is 14.8 Å². The molecule has 0 saturated carbocycles. The predicted molar refractivity (Wildman–Crippen MR) is 121 cm³/mol. The van der Waals surface area contributed by atoms with E-state index in [9.17, 15) is 9.59 Å². The van der Waals surface area contributed by atoms with Crippen molar-refractivity contribution in [2.45, 2.75) is 20.3 Å². The van der Waals surface area contributed by atoms with Crippen molar-refractivity contribution in [2.75, 3.05) is 26.2 Å². The van der Waals surface area contributed by atoms with Crippen LogP contribution in [0.25, 0.3) is 11.1 Å². The topological polar surface area (TPSA) is 69.3 Å². The Balaban J connectivity index is 1.63. The molecule has 1 aromatic heterocycles. The minimum Gasteiger partial charge on any atom is -0.341 e. The number of hydrogen-bond acceptors (Lipinski definition) is 3. The number of aromatic amines is 1. The first kappa shape index (κ1) is 20.8. The third-order valence-electron chi connectivity index (χ3n) is 5.99. The number of likely N-dealkylation sites (N-methyl/N-ethyl adjacent to an activating group) is 1. The van der Waals surface area contributed by atoms with Gasteiger partial charge in [0.1, 0.15) is 5.69 Å². The molecule has 1 fully saturated rings. The highest BCUT2D eigenvalue weighted by molar-refractivity contribution is 5.93. The Bertz CT molecular complexity index is 1040. The molecule has 6 heteroatoms. The van der Waals surface area contributed by atoms with E-state index in [1.165, 1.54) is 18.1 Å². The smallest absolute Gasteiger partial charge is 0.271 e. The molecule has 1 atom stereocenters.